The number of alkyl halides is 2. The molecule has 186 valence electrons. The first-order valence-corrected chi connectivity index (χ1v) is 12.3. The largest absolute Gasteiger partial charge is 0.462 e. The fourth-order valence-electron chi connectivity index (χ4n) is 6.21. The predicted molar refractivity (Wildman–Crippen MR) is 124 cm³/mol. The number of anilines is 1. The Morgan fingerprint density at radius 2 is 2.06 bits per heavy atom. The number of fused-ring (bicyclic) bond motifs is 1. The van der Waals surface area contributed by atoms with Crippen LogP contribution in [0, 0.1) is 11.8 Å². The summed E-state index contributed by atoms with van der Waals surface area (Å²) in [5.41, 5.74) is 6.28. The van der Waals surface area contributed by atoms with Gasteiger partial charge in [0.1, 0.15) is 23.9 Å². The minimum atomic E-state index is -2.69. The number of piperidine rings is 1. The molecule has 4 heterocycles. The second-order valence-electron chi connectivity index (χ2n) is 10.6. The number of hydrogen-bond acceptors (Lipinski definition) is 7. The van der Waals surface area contributed by atoms with Crippen molar-refractivity contribution in [2.75, 3.05) is 31.9 Å². The van der Waals surface area contributed by atoms with E-state index in [2.05, 4.69) is 19.9 Å². The van der Waals surface area contributed by atoms with E-state index in [9.17, 15) is 13.6 Å². The van der Waals surface area contributed by atoms with E-state index in [1.807, 2.05) is 31.0 Å². The molecule has 0 radical (unpaired) electrons. The second-order valence-corrected chi connectivity index (χ2v) is 10.6. The van der Waals surface area contributed by atoms with E-state index < -0.39 is 11.5 Å². The van der Waals surface area contributed by atoms with Crippen LogP contribution in [0.3, 0.4) is 0 Å². The maximum atomic E-state index is 14.6. The molecule has 3 N–H and O–H groups in total. The summed E-state index contributed by atoms with van der Waals surface area (Å²) in [5.74, 6) is -2.79. The zero-order valence-corrected chi connectivity index (χ0v) is 19.8. The van der Waals surface area contributed by atoms with E-state index in [1.54, 1.807) is 0 Å². The van der Waals surface area contributed by atoms with Crippen LogP contribution in [0.2, 0.25) is 0 Å². The van der Waals surface area contributed by atoms with Crippen molar-refractivity contribution in [3.8, 4) is 0 Å². The molecule has 10 heteroatoms. The lowest BCUT2D eigenvalue weighted by Gasteiger charge is -2.42. The molecule has 3 atom stereocenters. The highest BCUT2D eigenvalue weighted by atomic mass is 19.3. The van der Waals surface area contributed by atoms with E-state index in [4.69, 9.17) is 10.5 Å². The average Bonchev–Trinajstić information content (AvgIpc) is 3.44. The van der Waals surface area contributed by atoms with Crippen LogP contribution in [-0.2, 0) is 9.53 Å². The van der Waals surface area contributed by atoms with Gasteiger partial charge < -0.3 is 20.4 Å². The van der Waals surface area contributed by atoms with Gasteiger partial charge in [0, 0.05) is 43.1 Å². The fraction of sp³-hybridized carbons (Fsp3) is 0.708. The summed E-state index contributed by atoms with van der Waals surface area (Å²) in [7, 11) is 0. The number of nitrogen functional groups attached to an aromatic ring is 1. The first kappa shape index (κ1) is 23.4. The SMILES string of the molecule is CC(C)C(=O)O[C@H]1C[C@H](n2ccc3c(N)ncnc32)C[C@@H]1CN1CC(F)(F)CC12CCNCC2. The number of carbonyl (C=O) groups is 1. The van der Waals surface area contributed by atoms with Gasteiger partial charge in [0.2, 0.25) is 0 Å². The van der Waals surface area contributed by atoms with Crippen molar-refractivity contribution in [2.24, 2.45) is 11.8 Å². The number of ether oxygens (including phenoxy) is 1. The molecule has 2 saturated heterocycles. The first-order chi connectivity index (χ1) is 16.2. The Kier molecular flexibility index (Phi) is 6.00. The van der Waals surface area contributed by atoms with Crippen molar-refractivity contribution < 1.29 is 18.3 Å². The van der Waals surface area contributed by atoms with Crippen molar-refractivity contribution in [2.45, 2.75) is 69.6 Å². The second kappa shape index (κ2) is 8.71. The van der Waals surface area contributed by atoms with Gasteiger partial charge >= 0.3 is 5.97 Å². The summed E-state index contributed by atoms with van der Waals surface area (Å²) in [6.07, 6.45) is 5.75. The molecule has 0 bridgehead atoms. The monoisotopic (exact) mass is 476 g/mol. The van der Waals surface area contributed by atoms with Gasteiger partial charge in [-0.1, -0.05) is 13.8 Å². The quantitative estimate of drug-likeness (QED) is 0.640. The summed E-state index contributed by atoms with van der Waals surface area (Å²) in [4.78, 5) is 23.0. The van der Waals surface area contributed by atoms with Crippen LogP contribution >= 0.6 is 0 Å². The molecular formula is C24H34F2N6O2. The molecule has 1 saturated carbocycles. The van der Waals surface area contributed by atoms with Crippen molar-refractivity contribution in [1.82, 2.24) is 24.8 Å². The van der Waals surface area contributed by atoms with Gasteiger partial charge in [-0.3, -0.25) is 9.69 Å². The van der Waals surface area contributed by atoms with Gasteiger partial charge in [-0.05, 0) is 38.4 Å². The number of nitrogens with one attached hydrogen (secondary N) is 1. The van der Waals surface area contributed by atoms with Crippen LogP contribution in [-0.4, -0.2) is 69.1 Å². The lowest BCUT2D eigenvalue weighted by atomic mass is 9.84. The Morgan fingerprint density at radius 1 is 1.29 bits per heavy atom. The molecule has 2 aliphatic heterocycles. The van der Waals surface area contributed by atoms with Gasteiger partial charge in [0.05, 0.1) is 17.8 Å². The molecular weight excluding hydrogens is 442 g/mol. The molecule has 3 fully saturated rings. The molecule has 2 aromatic heterocycles. The molecule has 34 heavy (non-hydrogen) atoms. The number of rotatable bonds is 5. The predicted octanol–water partition coefficient (Wildman–Crippen LogP) is 3.00. The molecule has 0 amide bonds. The Labute approximate surface area is 198 Å². The van der Waals surface area contributed by atoms with Crippen LogP contribution in [0.15, 0.2) is 18.6 Å². The van der Waals surface area contributed by atoms with Gasteiger partial charge in [-0.15, -0.1) is 0 Å². The molecule has 0 aromatic carbocycles. The topological polar surface area (TPSA) is 98.3 Å². The number of halogens is 2. The third kappa shape index (κ3) is 4.26. The number of likely N-dealkylation sites (tertiary alicyclic amines) is 1. The highest BCUT2D eigenvalue weighted by Gasteiger charge is 2.55. The smallest absolute Gasteiger partial charge is 0.308 e. The van der Waals surface area contributed by atoms with Crippen molar-refractivity contribution >= 4 is 22.8 Å². The van der Waals surface area contributed by atoms with Gasteiger partial charge in [0.15, 0.2) is 0 Å². The van der Waals surface area contributed by atoms with E-state index in [0.29, 0.717) is 31.6 Å². The molecule has 2 aromatic rings. The average molecular weight is 477 g/mol. The lowest BCUT2D eigenvalue weighted by Crippen LogP contribution is -2.52. The molecule has 1 spiro atoms. The van der Waals surface area contributed by atoms with Gasteiger partial charge in [0.25, 0.3) is 5.92 Å². The van der Waals surface area contributed by atoms with Crippen molar-refractivity contribution in [3.63, 3.8) is 0 Å². The van der Waals surface area contributed by atoms with E-state index in [0.717, 1.165) is 30.5 Å². The standard InChI is InChI=1S/C24H34F2N6O2/c1-15(2)22(33)34-19-10-17(32-8-3-18-20(27)29-14-30-21(18)32)9-16(19)11-31-13-24(25,26)12-23(31)4-6-28-7-5-23/h3,8,14-17,19,28H,4-7,9-13H2,1-2H3,(H2,27,29,30)/t16-,17-,19+/m1/s1. The fourth-order valence-corrected chi connectivity index (χ4v) is 6.21. The Balaban J connectivity index is 1.41. The Hall–Kier alpha value is -2.33. The highest BCUT2D eigenvalue weighted by molar-refractivity contribution is 5.86. The number of nitrogens with two attached hydrogens (primary N) is 1. The van der Waals surface area contributed by atoms with Gasteiger partial charge in [-0.2, -0.15) is 0 Å². The van der Waals surface area contributed by atoms with Crippen molar-refractivity contribution in [1.29, 1.82) is 0 Å². The minimum absolute atomic E-state index is 0.0360. The van der Waals surface area contributed by atoms with Crippen LogP contribution in [0.1, 0.15) is 52.0 Å². The first-order valence-electron chi connectivity index (χ1n) is 12.3. The summed E-state index contributed by atoms with van der Waals surface area (Å²) < 4.78 is 37.3. The summed E-state index contributed by atoms with van der Waals surface area (Å²) in [5, 5.41) is 4.09. The van der Waals surface area contributed by atoms with E-state index in [1.165, 1.54) is 6.33 Å². The lowest BCUT2D eigenvalue weighted by molar-refractivity contribution is -0.155. The Morgan fingerprint density at radius 3 is 2.79 bits per heavy atom. The molecule has 3 aliphatic rings. The van der Waals surface area contributed by atoms with Gasteiger partial charge in [-0.25, -0.2) is 18.7 Å². The number of carbonyl (C=O) groups excluding carboxylic acids is 1. The summed E-state index contributed by atoms with van der Waals surface area (Å²) >= 11 is 0. The highest BCUT2D eigenvalue weighted by Crippen LogP contribution is 2.47. The number of nitrogens with zero attached hydrogens (tertiary/aromatic N) is 4. The minimum Gasteiger partial charge on any atom is -0.462 e. The summed E-state index contributed by atoms with van der Waals surface area (Å²) in [6.45, 7) is 5.40. The molecule has 0 unspecified atom stereocenters. The normalized spacial score (nSPS) is 28.8. The van der Waals surface area contributed by atoms with Crippen molar-refractivity contribution in [3.05, 3.63) is 18.6 Å². The number of aromatic nitrogens is 3. The summed E-state index contributed by atoms with van der Waals surface area (Å²) in [6, 6.07) is 1.94. The number of esters is 1. The Bertz CT molecular complexity index is 1050. The maximum absolute atomic E-state index is 14.6. The van der Waals surface area contributed by atoms with E-state index in [-0.39, 0.29) is 42.9 Å². The van der Waals surface area contributed by atoms with E-state index >= 15 is 0 Å². The maximum Gasteiger partial charge on any atom is 0.308 e. The third-order valence-electron chi connectivity index (χ3n) is 7.95. The van der Waals surface area contributed by atoms with Crippen LogP contribution in [0.4, 0.5) is 14.6 Å². The molecule has 1 aliphatic carbocycles. The molecule has 5 rings (SSSR count). The zero-order valence-electron chi connectivity index (χ0n) is 19.8. The van der Waals surface area contributed by atoms with Crippen LogP contribution in [0.25, 0.3) is 11.0 Å². The zero-order chi connectivity index (χ0) is 24.1. The number of hydrogen-bond donors (Lipinski definition) is 2. The van der Waals surface area contributed by atoms with Crippen LogP contribution < -0.4 is 11.1 Å². The van der Waals surface area contributed by atoms with Crippen LogP contribution in [0.5, 0.6) is 0 Å². The third-order valence-corrected chi connectivity index (χ3v) is 7.95. The molecule has 8 nitrogen and oxygen atoms in total.